The van der Waals surface area contributed by atoms with Crippen molar-refractivity contribution in [3.05, 3.63) is 35.1 Å². The number of carbonyl (C=O) groups excluding carboxylic acids is 1. The third-order valence-corrected chi connectivity index (χ3v) is 4.80. The second kappa shape index (κ2) is 7.90. The molecule has 8 heteroatoms. The summed E-state index contributed by atoms with van der Waals surface area (Å²) < 4.78 is 7.86. The first-order chi connectivity index (χ1) is 11.7. The van der Waals surface area contributed by atoms with E-state index in [9.17, 15) is 4.79 Å². The molecule has 1 aliphatic rings. The number of benzene rings is 1. The Morgan fingerprint density at radius 3 is 2.92 bits per heavy atom. The Morgan fingerprint density at radius 2 is 2.21 bits per heavy atom. The standard InChI is InChI=1S/C16H19ClN4O2S/c1-2-18-15(22)10-24-16-20-19-14(21(16)11-7-8-11)9-23-13-6-4-3-5-12(13)17/h3-6,11H,2,7-10H2,1H3,(H,18,22). The number of carbonyl (C=O) groups is 1. The fourth-order valence-corrected chi connectivity index (χ4v) is 3.33. The van der Waals surface area contributed by atoms with Crippen LogP contribution in [0, 0.1) is 0 Å². The monoisotopic (exact) mass is 366 g/mol. The van der Waals surface area contributed by atoms with Gasteiger partial charge in [0, 0.05) is 12.6 Å². The van der Waals surface area contributed by atoms with Crippen LogP contribution in [0.15, 0.2) is 29.4 Å². The van der Waals surface area contributed by atoms with E-state index in [1.807, 2.05) is 25.1 Å². The van der Waals surface area contributed by atoms with Gasteiger partial charge in [-0.15, -0.1) is 10.2 Å². The average Bonchev–Trinajstić information content (AvgIpc) is 3.33. The molecule has 0 atom stereocenters. The summed E-state index contributed by atoms with van der Waals surface area (Å²) in [7, 11) is 0. The summed E-state index contributed by atoms with van der Waals surface area (Å²) in [5.74, 6) is 1.72. The van der Waals surface area contributed by atoms with Crippen molar-refractivity contribution >= 4 is 29.3 Å². The molecule has 6 nitrogen and oxygen atoms in total. The van der Waals surface area contributed by atoms with Crippen molar-refractivity contribution in [3.8, 4) is 5.75 Å². The molecule has 0 spiro atoms. The first-order valence-electron chi connectivity index (χ1n) is 7.89. The zero-order valence-electron chi connectivity index (χ0n) is 13.4. The van der Waals surface area contributed by atoms with Gasteiger partial charge in [-0.2, -0.15) is 0 Å². The molecular weight excluding hydrogens is 348 g/mol. The van der Waals surface area contributed by atoms with Gasteiger partial charge in [-0.25, -0.2) is 0 Å². The number of ether oxygens (including phenoxy) is 1. The number of nitrogens with zero attached hydrogens (tertiary/aromatic N) is 3. The summed E-state index contributed by atoms with van der Waals surface area (Å²) in [6.07, 6.45) is 2.21. The Bertz CT molecular complexity index is 718. The predicted octanol–water partition coefficient (Wildman–Crippen LogP) is 3.07. The second-order valence-electron chi connectivity index (χ2n) is 5.46. The van der Waals surface area contributed by atoms with E-state index in [1.165, 1.54) is 11.8 Å². The third kappa shape index (κ3) is 4.21. The summed E-state index contributed by atoms with van der Waals surface area (Å²) in [5, 5.41) is 12.6. The van der Waals surface area contributed by atoms with Crippen LogP contribution in [-0.4, -0.2) is 33.0 Å². The highest BCUT2D eigenvalue weighted by Gasteiger charge is 2.30. The van der Waals surface area contributed by atoms with Crippen LogP contribution >= 0.6 is 23.4 Å². The fraction of sp³-hybridized carbons (Fsp3) is 0.438. The van der Waals surface area contributed by atoms with Gasteiger partial charge in [0.05, 0.1) is 10.8 Å². The van der Waals surface area contributed by atoms with Crippen molar-refractivity contribution in [2.75, 3.05) is 12.3 Å². The van der Waals surface area contributed by atoms with Crippen molar-refractivity contribution in [1.82, 2.24) is 20.1 Å². The van der Waals surface area contributed by atoms with Crippen LogP contribution in [0.1, 0.15) is 31.6 Å². The molecule has 128 valence electrons. The van der Waals surface area contributed by atoms with E-state index in [0.29, 0.717) is 35.7 Å². The van der Waals surface area contributed by atoms with Gasteiger partial charge in [-0.05, 0) is 31.9 Å². The lowest BCUT2D eigenvalue weighted by molar-refractivity contribution is -0.118. The number of amides is 1. The van der Waals surface area contributed by atoms with Crippen LogP contribution in [0.2, 0.25) is 5.02 Å². The van der Waals surface area contributed by atoms with Gasteiger partial charge in [0.15, 0.2) is 11.0 Å². The van der Waals surface area contributed by atoms with Gasteiger partial charge < -0.3 is 10.1 Å². The minimum atomic E-state index is 0.00159. The number of hydrogen-bond donors (Lipinski definition) is 1. The summed E-state index contributed by atoms with van der Waals surface area (Å²) in [6, 6.07) is 7.75. The molecule has 1 heterocycles. The van der Waals surface area contributed by atoms with E-state index in [2.05, 4.69) is 20.1 Å². The summed E-state index contributed by atoms with van der Waals surface area (Å²) in [4.78, 5) is 11.6. The highest BCUT2D eigenvalue weighted by atomic mass is 35.5. The fourth-order valence-electron chi connectivity index (χ4n) is 2.29. The van der Waals surface area contributed by atoms with Gasteiger partial charge in [0.25, 0.3) is 0 Å². The maximum absolute atomic E-state index is 11.6. The maximum atomic E-state index is 11.6. The zero-order chi connectivity index (χ0) is 16.9. The molecule has 1 N–H and O–H groups in total. The highest BCUT2D eigenvalue weighted by Crippen LogP contribution is 2.39. The molecule has 1 aromatic heterocycles. The largest absolute Gasteiger partial charge is 0.484 e. The number of thioether (sulfide) groups is 1. The van der Waals surface area contributed by atoms with Crippen LogP contribution in [-0.2, 0) is 11.4 Å². The molecule has 0 saturated heterocycles. The van der Waals surface area contributed by atoms with Gasteiger partial charge in [0.1, 0.15) is 12.4 Å². The molecule has 0 bridgehead atoms. The number of rotatable bonds is 8. The van der Waals surface area contributed by atoms with E-state index in [0.717, 1.165) is 23.8 Å². The lowest BCUT2D eigenvalue weighted by atomic mass is 10.3. The van der Waals surface area contributed by atoms with Crippen molar-refractivity contribution in [2.24, 2.45) is 0 Å². The SMILES string of the molecule is CCNC(=O)CSc1nnc(COc2ccccc2Cl)n1C1CC1. The molecule has 0 radical (unpaired) electrons. The van der Waals surface area contributed by atoms with Crippen LogP contribution in [0.4, 0.5) is 0 Å². The van der Waals surface area contributed by atoms with Crippen LogP contribution in [0.3, 0.4) is 0 Å². The summed E-state index contributed by atoms with van der Waals surface area (Å²) >= 11 is 7.51. The molecular formula is C16H19ClN4O2S. The smallest absolute Gasteiger partial charge is 0.230 e. The molecule has 1 fully saturated rings. The Hall–Kier alpha value is -1.73. The lowest BCUT2D eigenvalue weighted by Crippen LogP contribution is -2.24. The average molecular weight is 367 g/mol. The lowest BCUT2D eigenvalue weighted by Gasteiger charge is -2.10. The first kappa shape index (κ1) is 17.1. The van der Waals surface area contributed by atoms with E-state index in [1.54, 1.807) is 6.07 Å². The van der Waals surface area contributed by atoms with Crippen molar-refractivity contribution < 1.29 is 9.53 Å². The minimum absolute atomic E-state index is 0.00159. The molecule has 1 amide bonds. The molecule has 24 heavy (non-hydrogen) atoms. The molecule has 3 rings (SSSR count). The Labute approximate surface area is 149 Å². The molecule has 2 aromatic rings. The molecule has 1 aromatic carbocycles. The normalized spacial score (nSPS) is 13.8. The maximum Gasteiger partial charge on any atom is 0.230 e. The van der Waals surface area contributed by atoms with Crippen molar-refractivity contribution in [1.29, 1.82) is 0 Å². The minimum Gasteiger partial charge on any atom is -0.484 e. The molecule has 1 aliphatic carbocycles. The van der Waals surface area contributed by atoms with Crippen LogP contribution in [0.5, 0.6) is 5.75 Å². The summed E-state index contributed by atoms with van der Waals surface area (Å²) in [6.45, 7) is 2.83. The molecule has 1 saturated carbocycles. The molecule has 0 unspecified atom stereocenters. The number of aromatic nitrogens is 3. The number of hydrogen-bond acceptors (Lipinski definition) is 5. The number of halogens is 1. The Balaban J connectivity index is 1.67. The van der Waals surface area contributed by atoms with E-state index >= 15 is 0 Å². The van der Waals surface area contributed by atoms with Gasteiger partial charge in [-0.1, -0.05) is 35.5 Å². The first-order valence-corrected chi connectivity index (χ1v) is 9.26. The van der Waals surface area contributed by atoms with Crippen molar-refractivity contribution in [3.63, 3.8) is 0 Å². The van der Waals surface area contributed by atoms with E-state index in [4.69, 9.17) is 16.3 Å². The van der Waals surface area contributed by atoms with Gasteiger partial charge >= 0.3 is 0 Å². The zero-order valence-corrected chi connectivity index (χ0v) is 14.9. The highest BCUT2D eigenvalue weighted by molar-refractivity contribution is 7.99. The van der Waals surface area contributed by atoms with Gasteiger partial charge in [0.2, 0.25) is 5.91 Å². The van der Waals surface area contributed by atoms with E-state index < -0.39 is 0 Å². The number of nitrogens with one attached hydrogen (secondary N) is 1. The topological polar surface area (TPSA) is 69.0 Å². The predicted molar refractivity (Wildman–Crippen MR) is 93.5 cm³/mol. The van der Waals surface area contributed by atoms with Crippen molar-refractivity contribution in [2.45, 2.75) is 37.6 Å². The van der Waals surface area contributed by atoms with Gasteiger partial charge in [-0.3, -0.25) is 9.36 Å². The summed E-state index contributed by atoms with van der Waals surface area (Å²) in [5.41, 5.74) is 0. The Kier molecular flexibility index (Phi) is 5.63. The Morgan fingerprint density at radius 1 is 1.42 bits per heavy atom. The quantitative estimate of drug-likeness (QED) is 0.727. The van der Waals surface area contributed by atoms with Crippen LogP contribution < -0.4 is 10.1 Å². The third-order valence-electron chi connectivity index (χ3n) is 3.55. The van der Waals surface area contributed by atoms with Crippen LogP contribution in [0.25, 0.3) is 0 Å². The second-order valence-corrected chi connectivity index (χ2v) is 6.81. The van der Waals surface area contributed by atoms with E-state index in [-0.39, 0.29) is 5.91 Å². The number of para-hydroxylation sites is 1. The molecule has 0 aliphatic heterocycles.